The molecule has 1 aliphatic rings. The van der Waals surface area contributed by atoms with Crippen LogP contribution in [0.25, 0.3) is 0 Å². The zero-order chi connectivity index (χ0) is 14.7. The van der Waals surface area contributed by atoms with Gasteiger partial charge < -0.3 is 9.64 Å². The molecule has 0 atom stereocenters. The number of benzene rings is 1. The predicted octanol–water partition coefficient (Wildman–Crippen LogP) is 3.07. The van der Waals surface area contributed by atoms with E-state index >= 15 is 0 Å². The first kappa shape index (κ1) is 13.6. The lowest BCUT2D eigenvalue weighted by Gasteiger charge is -2.23. The molecule has 21 heavy (non-hydrogen) atoms. The lowest BCUT2D eigenvalue weighted by molar-refractivity contribution is 0.0986. The maximum absolute atomic E-state index is 12.8. The van der Waals surface area contributed by atoms with Gasteiger partial charge >= 0.3 is 0 Å². The Kier molecular flexibility index (Phi) is 3.86. The number of nitrogens with zero attached hydrogens (tertiary/aromatic N) is 2. The number of methoxy groups -OCH3 is 1. The number of hydrogen-bond acceptors (Lipinski definition) is 3. The van der Waals surface area contributed by atoms with E-state index in [0.717, 1.165) is 37.2 Å². The second kappa shape index (κ2) is 5.95. The molecule has 1 aliphatic heterocycles. The van der Waals surface area contributed by atoms with Crippen molar-refractivity contribution in [1.29, 1.82) is 0 Å². The molecule has 0 N–H and O–H groups in total. The number of carbonyl (C=O) groups excluding carboxylic acids is 1. The number of amides is 1. The van der Waals surface area contributed by atoms with Crippen molar-refractivity contribution >= 4 is 11.6 Å². The van der Waals surface area contributed by atoms with Gasteiger partial charge in [-0.15, -0.1) is 0 Å². The van der Waals surface area contributed by atoms with Crippen LogP contribution in [0, 0.1) is 0 Å². The second-order valence-electron chi connectivity index (χ2n) is 5.15. The first-order valence-electron chi connectivity index (χ1n) is 7.18. The molecular weight excluding hydrogens is 264 g/mol. The third kappa shape index (κ3) is 2.75. The maximum atomic E-state index is 12.8. The van der Waals surface area contributed by atoms with E-state index in [1.165, 1.54) is 5.56 Å². The van der Waals surface area contributed by atoms with Crippen LogP contribution in [-0.2, 0) is 6.42 Å². The van der Waals surface area contributed by atoms with Crippen molar-refractivity contribution in [3.8, 4) is 5.75 Å². The first-order valence-corrected chi connectivity index (χ1v) is 7.18. The second-order valence-corrected chi connectivity index (χ2v) is 5.15. The van der Waals surface area contributed by atoms with Gasteiger partial charge in [0.05, 0.1) is 18.4 Å². The summed E-state index contributed by atoms with van der Waals surface area (Å²) in [6.07, 6.45) is 6.39. The Bertz CT molecular complexity index is 640. The van der Waals surface area contributed by atoms with E-state index < -0.39 is 0 Å². The molecule has 2 aromatic rings. The third-order valence-electron chi connectivity index (χ3n) is 3.81. The number of pyridine rings is 1. The van der Waals surface area contributed by atoms with Crippen LogP contribution in [0.15, 0.2) is 42.7 Å². The Morgan fingerprint density at radius 2 is 2.19 bits per heavy atom. The molecule has 4 heteroatoms. The van der Waals surface area contributed by atoms with Gasteiger partial charge in [-0.05, 0) is 43.0 Å². The quantitative estimate of drug-likeness (QED) is 0.850. The molecule has 2 heterocycles. The molecule has 108 valence electrons. The van der Waals surface area contributed by atoms with Crippen molar-refractivity contribution in [2.75, 3.05) is 18.6 Å². The maximum Gasteiger partial charge on any atom is 0.259 e. The number of hydrogen-bond donors (Lipinski definition) is 0. The Morgan fingerprint density at radius 1 is 1.29 bits per heavy atom. The lowest BCUT2D eigenvalue weighted by Crippen LogP contribution is -2.31. The number of anilines is 1. The molecule has 0 fully saturated rings. The average molecular weight is 282 g/mol. The SMILES string of the molecule is COc1ccc2c(c1)N(C(=O)c1cccnc1)CCCC2. The van der Waals surface area contributed by atoms with Crippen molar-refractivity contribution in [3.63, 3.8) is 0 Å². The van der Waals surface area contributed by atoms with Crippen LogP contribution in [0.5, 0.6) is 5.75 Å². The van der Waals surface area contributed by atoms with E-state index in [1.807, 2.05) is 17.0 Å². The van der Waals surface area contributed by atoms with E-state index in [0.29, 0.717) is 5.56 Å². The minimum Gasteiger partial charge on any atom is -0.497 e. The molecule has 1 aromatic carbocycles. The highest BCUT2D eigenvalue weighted by molar-refractivity contribution is 6.06. The summed E-state index contributed by atoms with van der Waals surface area (Å²) in [5, 5.41) is 0. The monoisotopic (exact) mass is 282 g/mol. The predicted molar refractivity (Wildman–Crippen MR) is 81.8 cm³/mol. The van der Waals surface area contributed by atoms with E-state index in [2.05, 4.69) is 11.1 Å². The van der Waals surface area contributed by atoms with Crippen molar-refractivity contribution in [2.24, 2.45) is 0 Å². The fourth-order valence-electron chi connectivity index (χ4n) is 2.70. The zero-order valence-electron chi connectivity index (χ0n) is 12.1. The normalized spacial score (nSPS) is 14.2. The van der Waals surface area contributed by atoms with Gasteiger partial charge in [0, 0.05) is 25.0 Å². The van der Waals surface area contributed by atoms with Gasteiger partial charge in [-0.25, -0.2) is 0 Å². The summed E-state index contributed by atoms with van der Waals surface area (Å²) in [6.45, 7) is 0.730. The molecule has 0 spiro atoms. The zero-order valence-corrected chi connectivity index (χ0v) is 12.1. The van der Waals surface area contributed by atoms with Crippen LogP contribution in [0.1, 0.15) is 28.8 Å². The van der Waals surface area contributed by atoms with E-state index in [9.17, 15) is 4.79 Å². The first-order chi connectivity index (χ1) is 10.3. The topological polar surface area (TPSA) is 42.4 Å². The van der Waals surface area contributed by atoms with E-state index in [1.54, 1.807) is 31.6 Å². The Labute approximate surface area is 124 Å². The fourth-order valence-corrected chi connectivity index (χ4v) is 2.70. The number of rotatable bonds is 2. The van der Waals surface area contributed by atoms with Crippen molar-refractivity contribution in [2.45, 2.75) is 19.3 Å². The fraction of sp³-hybridized carbons (Fsp3) is 0.294. The molecule has 1 aromatic heterocycles. The Morgan fingerprint density at radius 3 is 2.95 bits per heavy atom. The molecule has 0 saturated carbocycles. The van der Waals surface area contributed by atoms with Gasteiger partial charge in [-0.2, -0.15) is 0 Å². The molecule has 1 amide bonds. The number of aromatic nitrogens is 1. The van der Waals surface area contributed by atoms with Gasteiger partial charge in [-0.3, -0.25) is 9.78 Å². The third-order valence-corrected chi connectivity index (χ3v) is 3.81. The van der Waals surface area contributed by atoms with Gasteiger partial charge in [0.1, 0.15) is 5.75 Å². The van der Waals surface area contributed by atoms with E-state index in [4.69, 9.17) is 4.74 Å². The van der Waals surface area contributed by atoms with Gasteiger partial charge in [0.25, 0.3) is 5.91 Å². The van der Waals surface area contributed by atoms with Crippen LogP contribution in [0.3, 0.4) is 0 Å². The molecule has 0 radical (unpaired) electrons. The lowest BCUT2D eigenvalue weighted by atomic mass is 10.1. The summed E-state index contributed by atoms with van der Waals surface area (Å²) >= 11 is 0. The smallest absolute Gasteiger partial charge is 0.259 e. The molecule has 3 rings (SSSR count). The summed E-state index contributed by atoms with van der Waals surface area (Å²) in [6, 6.07) is 9.56. The van der Waals surface area contributed by atoms with Crippen LogP contribution in [0.2, 0.25) is 0 Å². The van der Waals surface area contributed by atoms with E-state index in [-0.39, 0.29) is 5.91 Å². The Balaban J connectivity index is 2.01. The molecule has 0 aliphatic carbocycles. The van der Waals surface area contributed by atoms with Crippen molar-refractivity contribution in [3.05, 3.63) is 53.9 Å². The number of carbonyl (C=O) groups is 1. The van der Waals surface area contributed by atoms with Crippen molar-refractivity contribution in [1.82, 2.24) is 4.98 Å². The number of ether oxygens (including phenoxy) is 1. The Hall–Kier alpha value is -2.36. The van der Waals surface area contributed by atoms with Gasteiger partial charge in [0.15, 0.2) is 0 Å². The van der Waals surface area contributed by atoms with Crippen LogP contribution >= 0.6 is 0 Å². The highest BCUT2D eigenvalue weighted by Crippen LogP contribution is 2.31. The summed E-state index contributed by atoms with van der Waals surface area (Å²) in [5.41, 5.74) is 2.78. The summed E-state index contributed by atoms with van der Waals surface area (Å²) in [7, 11) is 1.64. The standard InChI is InChI=1S/C17H18N2O2/c1-21-15-8-7-13-5-2-3-10-19(16(13)11-15)17(20)14-6-4-9-18-12-14/h4,6-9,11-12H,2-3,5,10H2,1H3. The number of aryl methyl sites for hydroxylation is 1. The molecule has 0 unspecified atom stereocenters. The largest absolute Gasteiger partial charge is 0.497 e. The molecule has 4 nitrogen and oxygen atoms in total. The summed E-state index contributed by atoms with van der Waals surface area (Å²) in [4.78, 5) is 18.7. The number of fused-ring (bicyclic) bond motifs is 1. The van der Waals surface area contributed by atoms with Crippen LogP contribution in [0.4, 0.5) is 5.69 Å². The highest BCUT2D eigenvalue weighted by Gasteiger charge is 2.22. The molecular formula is C17H18N2O2. The van der Waals surface area contributed by atoms with Crippen LogP contribution in [-0.4, -0.2) is 24.5 Å². The molecule has 0 bridgehead atoms. The molecule has 0 saturated heterocycles. The van der Waals surface area contributed by atoms with Crippen LogP contribution < -0.4 is 9.64 Å². The summed E-state index contributed by atoms with van der Waals surface area (Å²) < 4.78 is 5.30. The van der Waals surface area contributed by atoms with Gasteiger partial charge in [-0.1, -0.05) is 6.07 Å². The highest BCUT2D eigenvalue weighted by atomic mass is 16.5. The van der Waals surface area contributed by atoms with Gasteiger partial charge in [0.2, 0.25) is 0 Å². The minimum atomic E-state index is -0.000460. The summed E-state index contributed by atoms with van der Waals surface area (Å²) in [5.74, 6) is 0.777. The van der Waals surface area contributed by atoms with Crippen molar-refractivity contribution < 1.29 is 9.53 Å². The average Bonchev–Trinajstić information content (AvgIpc) is 2.76. The minimum absolute atomic E-state index is 0.000460.